The fraction of sp³-hybridized carbons (Fsp3) is 0.0517. The summed E-state index contributed by atoms with van der Waals surface area (Å²) in [6.07, 6.45) is 6.78. The molecule has 0 saturated heterocycles. The fourth-order valence-corrected chi connectivity index (χ4v) is 8.91. The number of para-hydroxylation sites is 1. The van der Waals surface area contributed by atoms with Crippen molar-refractivity contribution in [1.29, 1.82) is 0 Å². The summed E-state index contributed by atoms with van der Waals surface area (Å²) in [6, 6.07) is 71.8. The molecule has 1 aliphatic carbocycles. The summed E-state index contributed by atoms with van der Waals surface area (Å²) in [4.78, 5) is 7.91. The average Bonchev–Trinajstić information content (AvgIpc) is 3.66. The van der Waals surface area contributed by atoms with Gasteiger partial charge in [-0.25, -0.2) is 4.99 Å². The first-order chi connectivity index (χ1) is 30.5. The van der Waals surface area contributed by atoms with E-state index in [4.69, 9.17) is 4.99 Å². The highest BCUT2D eigenvalue weighted by Gasteiger charge is 2.27. The molecule has 0 bridgehead atoms. The molecule has 1 aliphatic heterocycles. The second kappa shape index (κ2) is 15.6. The summed E-state index contributed by atoms with van der Waals surface area (Å²) in [5, 5.41) is 6.36. The maximum Gasteiger partial charge on any atom is 0.0944 e. The van der Waals surface area contributed by atoms with Crippen LogP contribution in [0.25, 0.3) is 61.2 Å². The van der Waals surface area contributed by atoms with Crippen molar-refractivity contribution in [2.24, 2.45) is 4.99 Å². The lowest BCUT2D eigenvalue weighted by molar-refractivity contribution is 0.881. The molecule has 9 aromatic rings. The number of fused-ring (bicyclic) bond motifs is 4. The van der Waals surface area contributed by atoms with Crippen molar-refractivity contribution in [3.05, 3.63) is 241 Å². The van der Waals surface area contributed by atoms with Gasteiger partial charge in [0.05, 0.1) is 34.2 Å². The van der Waals surface area contributed by atoms with Gasteiger partial charge in [-0.3, -0.25) is 0 Å². The first kappa shape index (κ1) is 37.1. The molecular formula is C58H44N4. The number of aryl methyl sites for hydroxylation is 2. The van der Waals surface area contributed by atoms with Gasteiger partial charge in [0.25, 0.3) is 0 Å². The van der Waals surface area contributed by atoms with Gasteiger partial charge >= 0.3 is 0 Å². The number of nitrogens with one attached hydrogen (secondary N) is 1. The highest BCUT2D eigenvalue weighted by Crippen LogP contribution is 2.41. The lowest BCUT2D eigenvalue weighted by Gasteiger charge is -2.29. The predicted molar refractivity (Wildman–Crippen MR) is 262 cm³/mol. The van der Waals surface area contributed by atoms with Crippen molar-refractivity contribution < 1.29 is 0 Å². The molecule has 0 saturated carbocycles. The van der Waals surface area contributed by atoms with E-state index in [0.717, 1.165) is 62.0 Å². The van der Waals surface area contributed by atoms with Crippen LogP contribution in [-0.2, 0) is 0 Å². The predicted octanol–water partition coefficient (Wildman–Crippen LogP) is 14.6. The molecule has 0 amide bonds. The van der Waals surface area contributed by atoms with Crippen LogP contribution in [0.5, 0.6) is 0 Å². The molecule has 1 atom stereocenters. The maximum atomic E-state index is 5.56. The third kappa shape index (κ3) is 6.82. The number of hydrogen-bond donors (Lipinski definition) is 1. The molecule has 2 heterocycles. The number of aliphatic imine (C=N–C) groups is 1. The molecule has 0 radical (unpaired) electrons. The summed E-state index contributed by atoms with van der Waals surface area (Å²) < 4.78 is 2.40. The van der Waals surface area contributed by atoms with Crippen molar-refractivity contribution in [2.45, 2.75) is 19.9 Å². The molecule has 1 aromatic heterocycles. The van der Waals surface area contributed by atoms with E-state index in [-0.39, 0.29) is 6.04 Å². The van der Waals surface area contributed by atoms with Crippen LogP contribution in [0.3, 0.4) is 0 Å². The number of hydrogen-bond acceptors (Lipinski definition) is 3. The quantitative estimate of drug-likeness (QED) is 0.166. The van der Waals surface area contributed by atoms with Crippen LogP contribution in [0.15, 0.2) is 223 Å². The zero-order valence-electron chi connectivity index (χ0n) is 34.7. The van der Waals surface area contributed by atoms with Gasteiger partial charge in [-0.1, -0.05) is 175 Å². The van der Waals surface area contributed by atoms with Crippen LogP contribution in [0.4, 0.5) is 17.1 Å². The Morgan fingerprint density at radius 2 is 0.968 bits per heavy atom. The van der Waals surface area contributed by atoms with Crippen LogP contribution in [-0.4, -0.2) is 16.3 Å². The van der Waals surface area contributed by atoms with E-state index in [1.807, 2.05) is 0 Å². The van der Waals surface area contributed by atoms with Crippen molar-refractivity contribution in [3.63, 3.8) is 0 Å². The van der Waals surface area contributed by atoms with E-state index < -0.39 is 0 Å². The minimum atomic E-state index is -0.0999. The number of nitrogens with zero attached hydrogens (tertiary/aromatic N) is 3. The normalized spacial score (nSPS) is 14.6. The van der Waals surface area contributed by atoms with Gasteiger partial charge < -0.3 is 14.8 Å². The van der Waals surface area contributed by atoms with Gasteiger partial charge in [-0.05, 0) is 96.3 Å². The Bertz CT molecular complexity index is 3180. The highest BCUT2D eigenvalue weighted by molar-refractivity contribution is 6.17. The maximum absolute atomic E-state index is 5.56. The van der Waals surface area contributed by atoms with Crippen molar-refractivity contribution in [3.8, 4) is 22.3 Å². The third-order valence-electron chi connectivity index (χ3n) is 12.2. The van der Waals surface area contributed by atoms with E-state index in [1.54, 1.807) is 0 Å². The largest absolute Gasteiger partial charge is 0.371 e. The average molecular weight is 797 g/mol. The molecule has 4 nitrogen and oxygen atoms in total. The molecular weight excluding hydrogens is 753 g/mol. The number of benzene rings is 8. The van der Waals surface area contributed by atoms with E-state index in [2.05, 4.69) is 247 Å². The third-order valence-corrected chi connectivity index (χ3v) is 12.2. The lowest BCUT2D eigenvalue weighted by Crippen LogP contribution is -2.38. The SMILES string of the molecule is Cc1ccc(N(c2ccc(C)cc2)c2ccc3c4ccccc4n(C4=CC5=NC(c6ccc(-c7ccccc7)cc6)=C(c6ccc(-c7ccccc7)cc6)NC5C=C4)c3c2)cc1. The number of rotatable bonds is 8. The van der Waals surface area contributed by atoms with E-state index in [9.17, 15) is 0 Å². The molecule has 8 aromatic carbocycles. The summed E-state index contributed by atoms with van der Waals surface area (Å²) in [6.45, 7) is 4.27. The molecule has 2 aliphatic rings. The van der Waals surface area contributed by atoms with Gasteiger partial charge in [0, 0.05) is 39.1 Å². The van der Waals surface area contributed by atoms with Crippen molar-refractivity contribution in [1.82, 2.24) is 9.88 Å². The molecule has 296 valence electrons. The monoisotopic (exact) mass is 796 g/mol. The number of allylic oxidation sites excluding steroid dienone is 2. The Labute approximate surface area is 362 Å². The molecule has 0 fully saturated rings. The second-order valence-corrected chi connectivity index (χ2v) is 16.3. The van der Waals surface area contributed by atoms with Crippen LogP contribution in [0, 0.1) is 13.8 Å². The Kier molecular flexibility index (Phi) is 9.32. The zero-order chi connectivity index (χ0) is 41.6. The van der Waals surface area contributed by atoms with E-state index >= 15 is 0 Å². The Morgan fingerprint density at radius 3 is 1.58 bits per heavy atom. The molecule has 0 spiro atoms. The number of anilines is 3. The van der Waals surface area contributed by atoms with Crippen molar-refractivity contribution >= 4 is 61.7 Å². The summed E-state index contributed by atoms with van der Waals surface area (Å²) in [5.74, 6) is 0. The lowest BCUT2D eigenvalue weighted by atomic mass is 9.95. The van der Waals surface area contributed by atoms with Crippen LogP contribution < -0.4 is 10.2 Å². The minimum absolute atomic E-state index is 0.0999. The summed E-state index contributed by atoms with van der Waals surface area (Å²) in [5.41, 5.74) is 19.0. The molecule has 11 rings (SSSR count). The van der Waals surface area contributed by atoms with E-state index in [1.165, 1.54) is 44.2 Å². The van der Waals surface area contributed by atoms with Gasteiger partial charge in [-0.15, -0.1) is 0 Å². The zero-order valence-corrected chi connectivity index (χ0v) is 34.7. The molecule has 62 heavy (non-hydrogen) atoms. The van der Waals surface area contributed by atoms with Crippen LogP contribution >= 0.6 is 0 Å². The van der Waals surface area contributed by atoms with Gasteiger partial charge in [0.1, 0.15) is 0 Å². The van der Waals surface area contributed by atoms with Crippen molar-refractivity contribution in [2.75, 3.05) is 4.90 Å². The summed E-state index contributed by atoms with van der Waals surface area (Å²) >= 11 is 0. The van der Waals surface area contributed by atoms with Gasteiger partial charge in [-0.2, -0.15) is 0 Å². The Balaban J connectivity index is 1.05. The Morgan fingerprint density at radius 1 is 0.468 bits per heavy atom. The van der Waals surface area contributed by atoms with Crippen LogP contribution in [0.1, 0.15) is 22.3 Å². The van der Waals surface area contributed by atoms with Crippen LogP contribution in [0.2, 0.25) is 0 Å². The fourth-order valence-electron chi connectivity index (χ4n) is 8.91. The molecule has 1 unspecified atom stereocenters. The molecule has 1 N–H and O–H groups in total. The Hall–Kier alpha value is -7.95. The highest BCUT2D eigenvalue weighted by atomic mass is 15.1. The van der Waals surface area contributed by atoms with Gasteiger partial charge in [0.15, 0.2) is 0 Å². The summed E-state index contributed by atoms with van der Waals surface area (Å²) in [7, 11) is 0. The minimum Gasteiger partial charge on any atom is -0.371 e. The standard InChI is InChI=1S/C58H44N4/c1-39-17-29-47(30-18-39)61(48-31-19-40(2)20-32-48)50-33-35-52-51-15-9-10-16-55(51)62(56(52)38-50)49-34-36-53-54(37-49)60-58(46-27-23-44(24-28-46)42-13-7-4-8-14-42)57(59-53)45-25-21-43(22-26-45)41-11-5-3-6-12-41/h3-38,53,59H,1-2H3. The second-order valence-electron chi connectivity index (χ2n) is 16.3. The first-order valence-electron chi connectivity index (χ1n) is 21.3. The first-order valence-corrected chi connectivity index (χ1v) is 21.3. The van der Waals surface area contributed by atoms with Gasteiger partial charge in [0.2, 0.25) is 0 Å². The topological polar surface area (TPSA) is 32.6 Å². The smallest absolute Gasteiger partial charge is 0.0944 e. The molecule has 4 heteroatoms. The van der Waals surface area contributed by atoms with E-state index in [0.29, 0.717) is 0 Å². The number of aromatic nitrogens is 1.